The lowest BCUT2D eigenvalue weighted by Crippen LogP contribution is -2.23. The normalized spacial score (nSPS) is 24.9. The number of aliphatic imine (C=N–C) groups is 1. The summed E-state index contributed by atoms with van der Waals surface area (Å²) < 4.78 is 0. The van der Waals surface area contributed by atoms with Crippen LogP contribution in [0.1, 0.15) is 13.8 Å². The molecule has 1 aliphatic heterocycles. The molecule has 0 saturated carbocycles. The molecule has 1 radical (unpaired) electrons. The SMILES string of the molecule is CC1(C)CN[C]=N1. The lowest BCUT2D eigenvalue weighted by Gasteiger charge is -2.09. The van der Waals surface area contributed by atoms with E-state index in [0.717, 1.165) is 6.54 Å². The first-order valence-corrected chi connectivity index (χ1v) is 2.40. The van der Waals surface area contributed by atoms with Crippen LogP contribution in [-0.4, -0.2) is 18.4 Å². The van der Waals surface area contributed by atoms with Gasteiger partial charge in [0, 0.05) is 6.54 Å². The zero-order valence-corrected chi connectivity index (χ0v) is 4.65. The molecule has 0 aliphatic carbocycles. The molecular weight excluding hydrogens is 88.1 g/mol. The second kappa shape index (κ2) is 1.22. The minimum absolute atomic E-state index is 0.0972. The molecule has 7 heavy (non-hydrogen) atoms. The van der Waals surface area contributed by atoms with Crippen LogP contribution >= 0.6 is 0 Å². The summed E-state index contributed by atoms with van der Waals surface area (Å²) in [5, 5.41) is 2.90. The first-order valence-electron chi connectivity index (χ1n) is 2.40. The Morgan fingerprint density at radius 1 is 1.71 bits per heavy atom. The zero-order chi connectivity index (χ0) is 5.33. The highest BCUT2D eigenvalue weighted by Gasteiger charge is 2.17. The van der Waals surface area contributed by atoms with Crippen molar-refractivity contribution in [1.29, 1.82) is 0 Å². The second-order valence-corrected chi connectivity index (χ2v) is 2.39. The molecule has 39 valence electrons. The molecule has 0 atom stereocenters. The number of nitrogens with zero attached hydrogens (tertiary/aromatic N) is 1. The van der Waals surface area contributed by atoms with Crippen molar-refractivity contribution in [2.45, 2.75) is 19.4 Å². The second-order valence-electron chi connectivity index (χ2n) is 2.39. The van der Waals surface area contributed by atoms with Gasteiger partial charge in [-0.3, -0.25) is 4.99 Å². The summed E-state index contributed by atoms with van der Waals surface area (Å²) in [5.74, 6) is 0. The molecule has 1 heterocycles. The smallest absolute Gasteiger partial charge is 0.164 e. The van der Waals surface area contributed by atoms with E-state index in [9.17, 15) is 0 Å². The molecule has 1 aliphatic rings. The van der Waals surface area contributed by atoms with Gasteiger partial charge in [0.1, 0.15) is 0 Å². The van der Waals surface area contributed by atoms with Crippen LogP contribution in [0.25, 0.3) is 0 Å². The number of nitrogens with one attached hydrogen (secondary N) is 1. The molecule has 0 bridgehead atoms. The summed E-state index contributed by atoms with van der Waals surface area (Å²) in [6.45, 7) is 5.06. The quantitative estimate of drug-likeness (QED) is 0.461. The van der Waals surface area contributed by atoms with Crippen LogP contribution in [0.4, 0.5) is 0 Å². The number of hydrogen-bond donors (Lipinski definition) is 1. The van der Waals surface area contributed by atoms with Crippen LogP contribution in [0.2, 0.25) is 0 Å². The van der Waals surface area contributed by atoms with Crippen molar-refractivity contribution in [3.8, 4) is 0 Å². The minimum Gasteiger partial charge on any atom is -0.365 e. The molecule has 0 amide bonds. The van der Waals surface area contributed by atoms with E-state index >= 15 is 0 Å². The van der Waals surface area contributed by atoms with Gasteiger partial charge in [0.05, 0.1) is 5.54 Å². The highest BCUT2D eigenvalue weighted by atomic mass is 15.1. The van der Waals surface area contributed by atoms with E-state index in [0.29, 0.717) is 0 Å². The predicted molar refractivity (Wildman–Crippen MR) is 29.5 cm³/mol. The molecule has 1 rings (SSSR count). The van der Waals surface area contributed by atoms with Gasteiger partial charge >= 0.3 is 0 Å². The van der Waals surface area contributed by atoms with E-state index in [4.69, 9.17) is 0 Å². The standard InChI is InChI=1S/C5H9N2/c1-5(2)3-6-4-7-5/h3H2,1-2H3,(H,6,7). The average molecular weight is 97.1 g/mol. The summed E-state index contributed by atoms with van der Waals surface area (Å²) in [4.78, 5) is 4.01. The van der Waals surface area contributed by atoms with Crippen LogP contribution in [0.5, 0.6) is 0 Å². The molecule has 0 spiro atoms. The van der Waals surface area contributed by atoms with Gasteiger partial charge in [-0.1, -0.05) is 0 Å². The highest BCUT2D eigenvalue weighted by molar-refractivity contribution is 5.57. The fraction of sp³-hybridized carbons (Fsp3) is 0.800. The molecule has 0 fully saturated rings. The highest BCUT2D eigenvalue weighted by Crippen LogP contribution is 2.08. The third-order valence-corrected chi connectivity index (χ3v) is 0.959. The van der Waals surface area contributed by atoms with E-state index in [1.54, 1.807) is 0 Å². The Morgan fingerprint density at radius 3 is 2.57 bits per heavy atom. The van der Waals surface area contributed by atoms with Gasteiger partial charge < -0.3 is 5.32 Å². The fourth-order valence-electron chi connectivity index (χ4n) is 0.486. The lowest BCUT2D eigenvalue weighted by molar-refractivity contribution is 0.549. The molecule has 0 aromatic heterocycles. The van der Waals surface area contributed by atoms with Crippen molar-refractivity contribution >= 4 is 6.34 Å². The molecule has 0 aromatic carbocycles. The van der Waals surface area contributed by atoms with Crippen molar-refractivity contribution in [2.24, 2.45) is 4.99 Å². The minimum atomic E-state index is 0.0972. The predicted octanol–water partition coefficient (Wildman–Crippen LogP) is 0.274. The van der Waals surface area contributed by atoms with Gasteiger partial charge in [-0.2, -0.15) is 0 Å². The maximum atomic E-state index is 4.01. The third kappa shape index (κ3) is 0.918. The van der Waals surface area contributed by atoms with Crippen molar-refractivity contribution in [3.63, 3.8) is 0 Å². The summed E-state index contributed by atoms with van der Waals surface area (Å²) in [6.07, 6.45) is 2.69. The Labute approximate surface area is 43.6 Å². The molecule has 1 N–H and O–H groups in total. The maximum absolute atomic E-state index is 4.01. The largest absolute Gasteiger partial charge is 0.365 e. The Morgan fingerprint density at radius 2 is 2.43 bits per heavy atom. The first kappa shape index (κ1) is 4.62. The Hall–Kier alpha value is -0.530. The van der Waals surface area contributed by atoms with Crippen molar-refractivity contribution < 1.29 is 0 Å². The molecule has 2 heteroatoms. The number of hydrogen-bond acceptors (Lipinski definition) is 2. The van der Waals surface area contributed by atoms with Gasteiger partial charge in [-0.15, -0.1) is 0 Å². The first-order chi connectivity index (χ1) is 3.21. The van der Waals surface area contributed by atoms with Gasteiger partial charge in [-0.25, -0.2) is 0 Å². The fourth-order valence-corrected chi connectivity index (χ4v) is 0.486. The van der Waals surface area contributed by atoms with Gasteiger partial charge in [0.2, 0.25) is 0 Å². The van der Waals surface area contributed by atoms with Crippen molar-refractivity contribution in [2.75, 3.05) is 6.54 Å². The van der Waals surface area contributed by atoms with Crippen molar-refractivity contribution in [3.05, 3.63) is 0 Å². The van der Waals surface area contributed by atoms with E-state index in [2.05, 4.69) is 30.5 Å². The summed E-state index contributed by atoms with van der Waals surface area (Å²) >= 11 is 0. The summed E-state index contributed by atoms with van der Waals surface area (Å²) in [7, 11) is 0. The average Bonchev–Trinajstić information content (AvgIpc) is 1.84. The maximum Gasteiger partial charge on any atom is 0.164 e. The van der Waals surface area contributed by atoms with E-state index < -0.39 is 0 Å². The monoisotopic (exact) mass is 97.1 g/mol. The van der Waals surface area contributed by atoms with Gasteiger partial charge in [0.25, 0.3) is 0 Å². The Kier molecular flexibility index (Phi) is 0.805. The van der Waals surface area contributed by atoms with Gasteiger partial charge in [-0.05, 0) is 13.8 Å². The van der Waals surface area contributed by atoms with Crippen LogP contribution in [0, 0.1) is 0 Å². The van der Waals surface area contributed by atoms with E-state index in [-0.39, 0.29) is 5.54 Å². The molecule has 0 saturated heterocycles. The topological polar surface area (TPSA) is 24.4 Å². The molecule has 0 unspecified atom stereocenters. The van der Waals surface area contributed by atoms with Gasteiger partial charge in [0.15, 0.2) is 6.34 Å². The lowest BCUT2D eigenvalue weighted by atomic mass is 10.1. The Bertz CT molecular complexity index is 94.3. The molecule has 2 nitrogen and oxygen atoms in total. The van der Waals surface area contributed by atoms with Crippen LogP contribution in [0.3, 0.4) is 0 Å². The van der Waals surface area contributed by atoms with Crippen molar-refractivity contribution in [1.82, 2.24) is 5.32 Å². The van der Waals surface area contributed by atoms with Crippen LogP contribution in [-0.2, 0) is 0 Å². The van der Waals surface area contributed by atoms with Crippen LogP contribution in [0.15, 0.2) is 4.99 Å². The Balaban J connectivity index is 2.57. The van der Waals surface area contributed by atoms with Crippen LogP contribution < -0.4 is 5.32 Å². The molecule has 0 aromatic rings. The number of rotatable bonds is 0. The summed E-state index contributed by atoms with van der Waals surface area (Å²) in [6, 6.07) is 0. The molecular formula is C5H9N2. The zero-order valence-electron chi connectivity index (χ0n) is 4.65. The summed E-state index contributed by atoms with van der Waals surface area (Å²) in [5.41, 5.74) is 0.0972. The third-order valence-electron chi connectivity index (χ3n) is 0.959. The van der Waals surface area contributed by atoms with E-state index in [1.165, 1.54) is 0 Å². The van der Waals surface area contributed by atoms with E-state index in [1.807, 2.05) is 0 Å².